The van der Waals surface area contributed by atoms with Crippen molar-refractivity contribution in [3.05, 3.63) is 65.7 Å². The summed E-state index contributed by atoms with van der Waals surface area (Å²) in [5.74, 6) is 0.587. The summed E-state index contributed by atoms with van der Waals surface area (Å²) in [4.78, 5) is 14.6. The molecule has 28 heavy (non-hydrogen) atoms. The minimum Gasteiger partial charge on any atom is -0.340 e. The molecule has 3 rings (SSSR count). The Morgan fingerprint density at radius 2 is 1.54 bits per heavy atom. The highest BCUT2D eigenvalue weighted by Crippen LogP contribution is 2.18. The van der Waals surface area contributed by atoms with Gasteiger partial charge in [0.1, 0.15) is 0 Å². The monoisotopic (exact) mass is 400 g/mol. The van der Waals surface area contributed by atoms with Crippen molar-refractivity contribution in [2.45, 2.75) is 37.5 Å². The van der Waals surface area contributed by atoms with Crippen LogP contribution in [0.25, 0.3) is 0 Å². The number of nitrogens with zero attached hydrogens (tertiary/aromatic N) is 2. The fourth-order valence-corrected chi connectivity index (χ4v) is 4.84. The molecule has 0 unspecified atom stereocenters. The van der Waals surface area contributed by atoms with Crippen molar-refractivity contribution < 1.29 is 13.2 Å². The van der Waals surface area contributed by atoms with Crippen LogP contribution in [0.5, 0.6) is 0 Å². The Bertz CT molecular complexity index is 885. The third kappa shape index (κ3) is 4.80. The highest BCUT2D eigenvalue weighted by molar-refractivity contribution is 7.89. The van der Waals surface area contributed by atoms with Gasteiger partial charge in [-0.05, 0) is 35.6 Å². The lowest BCUT2D eigenvalue weighted by Gasteiger charge is -2.34. The molecule has 0 aliphatic carbocycles. The number of rotatable bonds is 6. The van der Waals surface area contributed by atoms with Crippen LogP contribution in [0.15, 0.2) is 59.5 Å². The van der Waals surface area contributed by atoms with Crippen LogP contribution in [0.3, 0.4) is 0 Å². The van der Waals surface area contributed by atoms with Gasteiger partial charge in [0.15, 0.2) is 0 Å². The van der Waals surface area contributed by atoms with E-state index < -0.39 is 10.0 Å². The Labute approximate surface area is 168 Å². The van der Waals surface area contributed by atoms with Gasteiger partial charge in [-0.1, -0.05) is 56.3 Å². The molecule has 0 spiro atoms. The minimum absolute atomic E-state index is 0.0877. The molecule has 2 aromatic carbocycles. The molecule has 5 nitrogen and oxygen atoms in total. The van der Waals surface area contributed by atoms with E-state index in [2.05, 4.69) is 38.1 Å². The predicted octanol–water partition coefficient (Wildman–Crippen LogP) is 3.28. The number of carbonyl (C=O) groups is 1. The van der Waals surface area contributed by atoms with Gasteiger partial charge in [-0.25, -0.2) is 8.42 Å². The summed E-state index contributed by atoms with van der Waals surface area (Å²) in [6.45, 7) is 5.89. The van der Waals surface area contributed by atoms with Crippen LogP contribution in [-0.2, 0) is 21.2 Å². The maximum Gasteiger partial charge on any atom is 0.243 e. The van der Waals surface area contributed by atoms with Gasteiger partial charge in [0.2, 0.25) is 15.9 Å². The van der Waals surface area contributed by atoms with Crippen molar-refractivity contribution in [1.82, 2.24) is 9.21 Å². The van der Waals surface area contributed by atoms with E-state index >= 15 is 0 Å². The first-order valence-corrected chi connectivity index (χ1v) is 11.2. The van der Waals surface area contributed by atoms with Crippen molar-refractivity contribution in [1.29, 1.82) is 0 Å². The smallest absolute Gasteiger partial charge is 0.243 e. The third-order valence-electron chi connectivity index (χ3n) is 5.25. The van der Waals surface area contributed by atoms with Crippen molar-refractivity contribution in [3.8, 4) is 0 Å². The zero-order valence-electron chi connectivity index (χ0n) is 16.5. The van der Waals surface area contributed by atoms with Crippen LogP contribution in [0, 0.1) is 0 Å². The molecule has 1 aliphatic heterocycles. The van der Waals surface area contributed by atoms with Gasteiger partial charge in [0, 0.05) is 32.6 Å². The zero-order chi connectivity index (χ0) is 20.1. The summed E-state index contributed by atoms with van der Waals surface area (Å²) in [7, 11) is -3.48. The maximum absolute atomic E-state index is 12.7. The summed E-state index contributed by atoms with van der Waals surface area (Å²) >= 11 is 0. The van der Waals surface area contributed by atoms with Crippen molar-refractivity contribution in [2.24, 2.45) is 0 Å². The Morgan fingerprint density at radius 3 is 2.11 bits per heavy atom. The summed E-state index contributed by atoms with van der Waals surface area (Å²) < 4.78 is 26.8. The second-order valence-electron chi connectivity index (χ2n) is 7.49. The van der Waals surface area contributed by atoms with Crippen LogP contribution in [0.2, 0.25) is 0 Å². The Hall–Kier alpha value is -2.18. The van der Waals surface area contributed by atoms with Crippen molar-refractivity contribution in [3.63, 3.8) is 0 Å². The fourth-order valence-electron chi connectivity index (χ4n) is 3.40. The van der Waals surface area contributed by atoms with E-state index in [4.69, 9.17) is 0 Å². The van der Waals surface area contributed by atoms with Gasteiger partial charge < -0.3 is 4.90 Å². The Kier molecular flexibility index (Phi) is 6.52. The van der Waals surface area contributed by atoms with Crippen molar-refractivity contribution >= 4 is 15.9 Å². The largest absolute Gasteiger partial charge is 0.340 e. The molecule has 1 fully saturated rings. The van der Waals surface area contributed by atoms with Crippen LogP contribution in [0.1, 0.15) is 37.3 Å². The van der Waals surface area contributed by atoms with E-state index in [0.717, 1.165) is 5.56 Å². The molecule has 2 aromatic rings. The molecule has 0 atom stereocenters. The molecular formula is C22H28N2O3S. The Balaban J connectivity index is 1.51. The average Bonchev–Trinajstić information content (AvgIpc) is 2.73. The molecule has 0 bridgehead atoms. The quantitative estimate of drug-likeness (QED) is 0.748. The molecule has 150 valence electrons. The molecule has 0 aromatic heterocycles. The minimum atomic E-state index is -3.48. The summed E-state index contributed by atoms with van der Waals surface area (Å²) in [6.07, 6.45) is 1.16. The molecule has 1 amide bonds. The number of hydrogen-bond acceptors (Lipinski definition) is 3. The fraction of sp³-hybridized carbons (Fsp3) is 0.409. The number of benzene rings is 2. The van der Waals surface area contributed by atoms with E-state index in [9.17, 15) is 13.2 Å². The first kappa shape index (κ1) is 20.6. The van der Waals surface area contributed by atoms with Gasteiger partial charge in [-0.15, -0.1) is 0 Å². The topological polar surface area (TPSA) is 57.7 Å². The SMILES string of the molecule is CC(C)c1ccc(CCC(=O)N2CCN(S(=O)(=O)c3ccccc3)CC2)cc1. The third-order valence-corrected chi connectivity index (χ3v) is 7.16. The van der Waals surface area contributed by atoms with Gasteiger partial charge in [-0.3, -0.25) is 4.79 Å². The van der Waals surface area contributed by atoms with E-state index in [0.29, 0.717) is 49.8 Å². The zero-order valence-corrected chi connectivity index (χ0v) is 17.4. The standard InChI is InChI=1S/C22H28N2O3S/c1-18(2)20-11-8-19(9-12-20)10-13-22(25)23-14-16-24(17-15-23)28(26,27)21-6-4-3-5-7-21/h3-9,11-12,18H,10,13-17H2,1-2H3. The second kappa shape index (κ2) is 8.88. The van der Waals surface area contributed by atoms with Crippen LogP contribution in [0.4, 0.5) is 0 Å². The number of sulfonamides is 1. The lowest BCUT2D eigenvalue weighted by atomic mass is 10.00. The molecular weight excluding hydrogens is 372 g/mol. The second-order valence-corrected chi connectivity index (χ2v) is 9.43. The number of piperazine rings is 1. The molecule has 1 heterocycles. The predicted molar refractivity (Wildman–Crippen MR) is 111 cm³/mol. The number of aryl methyl sites for hydroxylation is 1. The van der Waals surface area contributed by atoms with Crippen LogP contribution in [-0.4, -0.2) is 49.7 Å². The van der Waals surface area contributed by atoms with Gasteiger partial charge in [0.05, 0.1) is 4.90 Å². The number of amides is 1. The van der Waals surface area contributed by atoms with E-state index in [1.54, 1.807) is 35.2 Å². The summed E-state index contributed by atoms with van der Waals surface area (Å²) in [5, 5.41) is 0. The number of carbonyl (C=O) groups excluding carboxylic acids is 1. The lowest BCUT2D eigenvalue weighted by Crippen LogP contribution is -2.50. The normalized spacial score (nSPS) is 15.8. The highest BCUT2D eigenvalue weighted by Gasteiger charge is 2.29. The lowest BCUT2D eigenvalue weighted by molar-refractivity contribution is -0.132. The molecule has 0 N–H and O–H groups in total. The van der Waals surface area contributed by atoms with Crippen LogP contribution < -0.4 is 0 Å². The van der Waals surface area contributed by atoms with Crippen molar-refractivity contribution in [2.75, 3.05) is 26.2 Å². The Morgan fingerprint density at radius 1 is 0.929 bits per heavy atom. The number of hydrogen-bond donors (Lipinski definition) is 0. The highest BCUT2D eigenvalue weighted by atomic mass is 32.2. The van der Waals surface area contributed by atoms with E-state index in [1.165, 1.54) is 9.87 Å². The van der Waals surface area contributed by atoms with Crippen LogP contribution >= 0.6 is 0 Å². The molecule has 6 heteroatoms. The van der Waals surface area contributed by atoms with Gasteiger partial charge in [-0.2, -0.15) is 4.31 Å². The first-order chi connectivity index (χ1) is 13.4. The van der Waals surface area contributed by atoms with E-state index in [1.807, 2.05) is 0 Å². The van der Waals surface area contributed by atoms with Gasteiger partial charge >= 0.3 is 0 Å². The van der Waals surface area contributed by atoms with Gasteiger partial charge in [0.25, 0.3) is 0 Å². The maximum atomic E-state index is 12.7. The van der Waals surface area contributed by atoms with E-state index in [-0.39, 0.29) is 5.91 Å². The summed E-state index contributed by atoms with van der Waals surface area (Å²) in [6, 6.07) is 16.9. The molecule has 0 radical (unpaired) electrons. The average molecular weight is 401 g/mol. The molecule has 1 aliphatic rings. The molecule has 1 saturated heterocycles. The summed E-state index contributed by atoms with van der Waals surface area (Å²) in [5.41, 5.74) is 2.45. The first-order valence-electron chi connectivity index (χ1n) is 9.80. The molecule has 0 saturated carbocycles.